The van der Waals surface area contributed by atoms with Crippen LogP contribution in [-0.2, 0) is 4.79 Å². The molecule has 1 aliphatic rings. The van der Waals surface area contributed by atoms with Crippen LogP contribution < -0.4 is 14.8 Å². The Bertz CT molecular complexity index is 514. The molecule has 1 amide bonds. The van der Waals surface area contributed by atoms with E-state index in [1.165, 1.54) is 6.08 Å². The van der Waals surface area contributed by atoms with Crippen molar-refractivity contribution in [3.05, 3.63) is 28.8 Å². The number of rotatable bonds is 4. The number of hydrogen-bond donors (Lipinski definition) is 1. The number of halogens is 1. The first-order chi connectivity index (χ1) is 9.10. The number of nitrogens with one attached hydrogen (secondary N) is 1. The monoisotopic (exact) mass is 281 g/mol. The molecule has 0 saturated carbocycles. The SMILES string of the molecule is CCC(C)NC(=O)/C=C/c1cc(Cl)c2c(c1)OCO2. The lowest BCUT2D eigenvalue weighted by molar-refractivity contribution is -0.117. The maximum atomic E-state index is 11.6. The van der Waals surface area contributed by atoms with E-state index in [-0.39, 0.29) is 18.7 Å². The molecule has 1 aliphatic heterocycles. The predicted molar refractivity (Wildman–Crippen MR) is 74.5 cm³/mol. The lowest BCUT2D eigenvalue weighted by atomic mass is 10.2. The molecule has 1 heterocycles. The van der Waals surface area contributed by atoms with Crippen molar-refractivity contribution in [2.45, 2.75) is 26.3 Å². The highest BCUT2D eigenvalue weighted by Crippen LogP contribution is 2.39. The van der Waals surface area contributed by atoms with Gasteiger partial charge in [-0.1, -0.05) is 18.5 Å². The summed E-state index contributed by atoms with van der Waals surface area (Å²) < 4.78 is 10.5. The fourth-order valence-corrected chi connectivity index (χ4v) is 1.92. The molecular weight excluding hydrogens is 266 g/mol. The summed E-state index contributed by atoms with van der Waals surface area (Å²) in [7, 11) is 0. The minimum Gasteiger partial charge on any atom is -0.454 e. The van der Waals surface area contributed by atoms with Crippen LogP contribution in [0.5, 0.6) is 11.5 Å². The van der Waals surface area contributed by atoms with Crippen LogP contribution in [0.4, 0.5) is 0 Å². The van der Waals surface area contributed by atoms with Crippen LogP contribution in [-0.4, -0.2) is 18.7 Å². The van der Waals surface area contributed by atoms with Gasteiger partial charge in [-0.3, -0.25) is 4.79 Å². The highest BCUT2D eigenvalue weighted by atomic mass is 35.5. The maximum absolute atomic E-state index is 11.6. The summed E-state index contributed by atoms with van der Waals surface area (Å²) in [5, 5.41) is 3.34. The summed E-state index contributed by atoms with van der Waals surface area (Å²) in [6.45, 7) is 4.16. The van der Waals surface area contributed by atoms with Gasteiger partial charge in [-0.15, -0.1) is 0 Å². The Morgan fingerprint density at radius 1 is 1.53 bits per heavy atom. The maximum Gasteiger partial charge on any atom is 0.244 e. The van der Waals surface area contributed by atoms with Crippen molar-refractivity contribution in [2.75, 3.05) is 6.79 Å². The Morgan fingerprint density at radius 2 is 2.32 bits per heavy atom. The third-order valence-corrected chi connectivity index (χ3v) is 3.16. The smallest absolute Gasteiger partial charge is 0.244 e. The highest BCUT2D eigenvalue weighted by molar-refractivity contribution is 6.32. The van der Waals surface area contributed by atoms with Gasteiger partial charge in [0.1, 0.15) is 0 Å². The summed E-state index contributed by atoms with van der Waals surface area (Å²) in [5.41, 5.74) is 0.800. The number of hydrogen-bond acceptors (Lipinski definition) is 3. The molecule has 0 radical (unpaired) electrons. The van der Waals surface area contributed by atoms with Crippen LogP contribution in [0.3, 0.4) is 0 Å². The minimum atomic E-state index is -0.122. The first-order valence-electron chi connectivity index (χ1n) is 6.18. The van der Waals surface area contributed by atoms with Crippen molar-refractivity contribution < 1.29 is 14.3 Å². The number of carbonyl (C=O) groups excluding carboxylic acids is 1. The van der Waals surface area contributed by atoms with E-state index in [0.717, 1.165) is 12.0 Å². The molecule has 19 heavy (non-hydrogen) atoms. The minimum absolute atomic E-state index is 0.122. The van der Waals surface area contributed by atoms with E-state index in [9.17, 15) is 4.79 Å². The van der Waals surface area contributed by atoms with E-state index in [4.69, 9.17) is 21.1 Å². The van der Waals surface area contributed by atoms with Gasteiger partial charge in [-0.25, -0.2) is 0 Å². The number of ether oxygens (including phenoxy) is 2. The fourth-order valence-electron chi connectivity index (χ4n) is 1.65. The molecule has 102 valence electrons. The molecule has 1 aromatic carbocycles. The van der Waals surface area contributed by atoms with E-state index in [1.807, 2.05) is 13.8 Å². The van der Waals surface area contributed by atoms with Crippen LogP contribution in [0.2, 0.25) is 5.02 Å². The zero-order valence-corrected chi connectivity index (χ0v) is 11.7. The Kier molecular flexibility index (Phi) is 4.32. The molecule has 5 heteroatoms. The molecule has 0 saturated heterocycles. The second kappa shape index (κ2) is 5.97. The largest absolute Gasteiger partial charge is 0.454 e. The van der Waals surface area contributed by atoms with Crippen LogP contribution in [0.1, 0.15) is 25.8 Å². The first kappa shape index (κ1) is 13.7. The van der Waals surface area contributed by atoms with E-state index in [1.54, 1.807) is 18.2 Å². The summed E-state index contributed by atoms with van der Waals surface area (Å²) in [6, 6.07) is 3.70. The van der Waals surface area contributed by atoms with Gasteiger partial charge in [0, 0.05) is 12.1 Å². The zero-order chi connectivity index (χ0) is 13.8. The van der Waals surface area contributed by atoms with E-state index < -0.39 is 0 Å². The molecule has 0 aromatic heterocycles. The van der Waals surface area contributed by atoms with Crippen molar-refractivity contribution in [3.8, 4) is 11.5 Å². The van der Waals surface area contributed by atoms with Gasteiger partial charge in [0.15, 0.2) is 11.5 Å². The van der Waals surface area contributed by atoms with Gasteiger partial charge in [-0.05, 0) is 37.1 Å². The summed E-state index contributed by atoms with van der Waals surface area (Å²) in [5.74, 6) is 1.04. The van der Waals surface area contributed by atoms with Crippen molar-refractivity contribution >= 4 is 23.6 Å². The van der Waals surface area contributed by atoms with E-state index in [2.05, 4.69) is 5.32 Å². The third kappa shape index (κ3) is 3.41. The summed E-state index contributed by atoms with van der Waals surface area (Å²) in [6.07, 6.45) is 4.08. The Hall–Kier alpha value is -1.68. The number of amides is 1. The number of benzene rings is 1. The average molecular weight is 282 g/mol. The molecule has 0 aliphatic carbocycles. The molecule has 4 nitrogen and oxygen atoms in total. The second-order valence-electron chi connectivity index (χ2n) is 4.39. The molecule has 1 N–H and O–H groups in total. The van der Waals surface area contributed by atoms with Crippen molar-refractivity contribution in [3.63, 3.8) is 0 Å². The van der Waals surface area contributed by atoms with Crippen molar-refractivity contribution in [1.29, 1.82) is 0 Å². The molecule has 1 aromatic rings. The fraction of sp³-hybridized carbons (Fsp3) is 0.357. The van der Waals surface area contributed by atoms with E-state index >= 15 is 0 Å². The van der Waals surface area contributed by atoms with E-state index in [0.29, 0.717) is 16.5 Å². The van der Waals surface area contributed by atoms with Gasteiger partial charge in [-0.2, -0.15) is 0 Å². The Labute approximate surface area is 117 Å². The second-order valence-corrected chi connectivity index (χ2v) is 4.79. The first-order valence-corrected chi connectivity index (χ1v) is 6.55. The Morgan fingerprint density at radius 3 is 3.05 bits per heavy atom. The summed E-state index contributed by atoms with van der Waals surface area (Å²) >= 11 is 6.06. The molecular formula is C14H16ClNO3. The van der Waals surface area contributed by atoms with Crippen LogP contribution in [0, 0.1) is 0 Å². The lowest BCUT2D eigenvalue weighted by Crippen LogP contribution is -2.30. The third-order valence-electron chi connectivity index (χ3n) is 2.88. The van der Waals surface area contributed by atoms with Crippen LogP contribution in [0.25, 0.3) is 6.08 Å². The highest BCUT2D eigenvalue weighted by Gasteiger charge is 2.17. The quantitative estimate of drug-likeness (QED) is 0.863. The molecule has 0 fully saturated rings. The number of fused-ring (bicyclic) bond motifs is 1. The Balaban J connectivity index is 2.07. The van der Waals surface area contributed by atoms with Crippen LogP contribution >= 0.6 is 11.6 Å². The van der Waals surface area contributed by atoms with Gasteiger partial charge in [0.05, 0.1) is 5.02 Å². The van der Waals surface area contributed by atoms with Gasteiger partial charge in [0.2, 0.25) is 12.7 Å². The zero-order valence-electron chi connectivity index (χ0n) is 10.9. The molecule has 0 spiro atoms. The standard InChI is InChI=1S/C14H16ClNO3/c1-3-9(2)16-13(17)5-4-10-6-11(15)14-12(7-10)18-8-19-14/h4-7,9H,3,8H2,1-2H3,(H,16,17)/b5-4+. The molecule has 2 rings (SSSR count). The van der Waals surface area contributed by atoms with Gasteiger partial charge in [0.25, 0.3) is 0 Å². The number of carbonyl (C=O) groups is 1. The van der Waals surface area contributed by atoms with Crippen molar-refractivity contribution in [2.24, 2.45) is 0 Å². The topological polar surface area (TPSA) is 47.6 Å². The van der Waals surface area contributed by atoms with Crippen LogP contribution in [0.15, 0.2) is 18.2 Å². The van der Waals surface area contributed by atoms with Gasteiger partial charge < -0.3 is 14.8 Å². The normalized spacial score (nSPS) is 14.7. The summed E-state index contributed by atoms with van der Waals surface area (Å²) in [4.78, 5) is 11.6. The van der Waals surface area contributed by atoms with Crippen molar-refractivity contribution in [1.82, 2.24) is 5.32 Å². The lowest BCUT2D eigenvalue weighted by Gasteiger charge is -2.08. The van der Waals surface area contributed by atoms with Gasteiger partial charge >= 0.3 is 0 Å². The molecule has 0 bridgehead atoms. The average Bonchev–Trinajstić information content (AvgIpc) is 2.85. The predicted octanol–water partition coefficient (Wildman–Crippen LogP) is 3.00. The molecule has 1 atom stereocenters. The molecule has 1 unspecified atom stereocenters.